The van der Waals surface area contributed by atoms with E-state index in [1.165, 1.54) is 50.5 Å². The monoisotopic (exact) mass is 468 g/mol. The van der Waals surface area contributed by atoms with E-state index in [-0.39, 0.29) is 5.28 Å². The van der Waals surface area contributed by atoms with Gasteiger partial charge in [0.1, 0.15) is 0 Å². The Bertz CT molecular complexity index is 1030. The smallest absolute Gasteiger partial charge is 0.226 e. The lowest BCUT2D eigenvalue weighted by molar-refractivity contribution is 0.109. The van der Waals surface area contributed by atoms with Gasteiger partial charge in [-0.15, -0.1) is 0 Å². The third-order valence-electron chi connectivity index (χ3n) is 7.00. The van der Waals surface area contributed by atoms with E-state index in [1.54, 1.807) is 0 Å². The molecule has 0 bridgehead atoms. The summed E-state index contributed by atoms with van der Waals surface area (Å²) in [7, 11) is 0. The van der Waals surface area contributed by atoms with Crippen molar-refractivity contribution < 1.29 is 4.74 Å². The molecule has 0 atom stereocenters. The van der Waals surface area contributed by atoms with Gasteiger partial charge in [0, 0.05) is 25.7 Å². The van der Waals surface area contributed by atoms with Crippen LogP contribution in [0.25, 0.3) is 11.2 Å². The highest BCUT2D eigenvalue weighted by Crippen LogP contribution is 2.33. The number of nitrogens with zero attached hydrogens (tertiary/aromatic N) is 5. The Hall–Kier alpha value is -2.22. The lowest BCUT2D eigenvalue weighted by atomic mass is 9.93. The van der Waals surface area contributed by atoms with Crippen LogP contribution in [0.3, 0.4) is 0 Å². The van der Waals surface area contributed by atoms with E-state index in [0.29, 0.717) is 12.6 Å². The normalized spacial score (nSPS) is 18.3. The van der Waals surface area contributed by atoms with Gasteiger partial charge in [0.05, 0.1) is 12.9 Å². The number of rotatable bonds is 9. The molecule has 7 nitrogen and oxygen atoms in total. The number of ether oxygens (including phenoxy) is 1. The lowest BCUT2D eigenvalue weighted by Crippen LogP contribution is -2.38. The molecular formula is C25H33ClN6O. The van der Waals surface area contributed by atoms with Crippen molar-refractivity contribution in [1.29, 1.82) is 0 Å². The molecule has 0 unspecified atom stereocenters. The highest BCUT2D eigenvalue weighted by Gasteiger charge is 2.24. The molecule has 8 heteroatoms. The molecule has 1 N–H and O–H groups in total. The summed E-state index contributed by atoms with van der Waals surface area (Å²) in [6.45, 7) is 3.51. The largest absolute Gasteiger partial charge is 0.377 e. The Morgan fingerprint density at radius 3 is 2.61 bits per heavy atom. The molecule has 1 saturated heterocycles. The summed E-state index contributed by atoms with van der Waals surface area (Å²) >= 11 is 6.29. The number of fused-ring (bicyclic) bond motifs is 1. The highest BCUT2D eigenvalue weighted by atomic mass is 35.5. The van der Waals surface area contributed by atoms with Crippen LogP contribution in [0.4, 0.5) is 5.82 Å². The first kappa shape index (κ1) is 22.6. The first-order valence-corrected chi connectivity index (χ1v) is 12.7. The SMILES string of the molecule is Clc1nc(NN2CCC(CCCOCc3ccccc3)CC2)c2ncn(C3CCCC3)c2n1. The molecule has 3 aromatic rings. The van der Waals surface area contributed by atoms with Gasteiger partial charge in [0.2, 0.25) is 5.28 Å². The predicted octanol–water partition coefficient (Wildman–Crippen LogP) is 5.63. The molecule has 1 aromatic carbocycles. The second-order valence-corrected chi connectivity index (χ2v) is 9.66. The molecule has 176 valence electrons. The van der Waals surface area contributed by atoms with Gasteiger partial charge in [-0.2, -0.15) is 9.97 Å². The van der Waals surface area contributed by atoms with Gasteiger partial charge >= 0.3 is 0 Å². The number of imidazole rings is 1. The van der Waals surface area contributed by atoms with E-state index in [4.69, 9.17) is 16.3 Å². The van der Waals surface area contributed by atoms with Gasteiger partial charge in [-0.3, -0.25) is 0 Å². The van der Waals surface area contributed by atoms with Gasteiger partial charge in [-0.05, 0) is 61.6 Å². The van der Waals surface area contributed by atoms with Crippen LogP contribution in [0.2, 0.25) is 5.28 Å². The highest BCUT2D eigenvalue weighted by molar-refractivity contribution is 6.28. The summed E-state index contributed by atoms with van der Waals surface area (Å²) in [6.07, 6.45) is 11.5. The summed E-state index contributed by atoms with van der Waals surface area (Å²) in [5, 5.41) is 2.52. The van der Waals surface area contributed by atoms with E-state index in [0.717, 1.165) is 49.0 Å². The number of benzene rings is 1. The molecule has 2 aliphatic rings. The second kappa shape index (κ2) is 10.8. The van der Waals surface area contributed by atoms with Crippen LogP contribution in [0.1, 0.15) is 63.0 Å². The van der Waals surface area contributed by atoms with Crippen molar-refractivity contribution in [2.24, 2.45) is 5.92 Å². The lowest BCUT2D eigenvalue weighted by Gasteiger charge is -2.32. The Morgan fingerprint density at radius 2 is 1.82 bits per heavy atom. The predicted molar refractivity (Wildman–Crippen MR) is 131 cm³/mol. The second-order valence-electron chi connectivity index (χ2n) is 9.33. The van der Waals surface area contributed by atoms with Crippen LogP contribution >= 0.6 is 11.6 Å². The molecule has 2 fully saturated rings. The minimum absolute atomic E-state index is 0.273. The number of halogens is 1. The van der Waals surface area contributed by atoms with E-state index in [9.17, 15) is 0 Å². The fraction of sp³-hybridized carbons (Fsp3) is 0.560. The standard InChI is InChI=1S/C25H33ClN6O/c26-25-28-23(22-24(29-25)32(18-27-22)21-10-4-5-11-21)30-31-14-12-19(13-15-31)9-6-16-33-17-20-7-2-1-3-8-20/h1-3,7-8,18-19,21H,4-6,9-17H2,(H,28,29,30). The van der Waals surface area contributed by atoms with Crippen molar-refractivity contribution >= 4 is 28.6 Å². The van der Waals surface area contributed by atoms with Gasteiger partial charge < -0.3 is 14.7 Å². The number of hydrogen-bond acceptors (Lipinski definition) is 6. The molecule has 5 rings (SSSR count). The van der Waals surface area contributed by atoms with Crippen molar-refractivity contribution in [2.75, 3.05) is 25.1 Å². The molecule has 3 heterocycles. The number of anilines is 1. The zero-order valence-electron chi connectivity index (χ0n) is 19.1. The van der Waals surface area contributed by atoms with Crippen LogP contribution in [-0.2, 0) is 11.3 Å². The van der Waals surface area contributed by atoms with Gasteiger partial charge in [0.15, 0.2) is 17.0 Å². The average molecular weight is 469 g/mol. The maximum absolute atomic E-state index is 6.29. The Labute approximate surface area is 200 Å². The molecule has 33 heavy (non-hydrogen) atoms. The topological polar surface area (TPSA) is 68.1 Å². The summed E-state index contributed by atoms with van der Waals surface area (Å²) in [5.41, 5.74) is 6.37. The van der Waals surface area contributed by atoms with Crippen LogP contribution < -0.4 is 5.43 Å². The Kier molecular flexibility index (Phi) is 7.39. The van der Waals surface area contributed by atoms with Gasteiger partial charge in [0.25, 0.3) is 0 Å². The zero-order valence-corrected chi connectivity index (χ0v) is 19.9. The van der Waals surface area contributed by atoms with Crippen LogP contribution in [0.15, 0.2) is 36.7 Å². The molecule has 2 aromatic heterocycles. The number of hydrazine groups is 1. The van der Waals surface area contributed by atoms with E-state index >= 15 is 0 Å². The first-order valence-electron chi connectivity index (χ1n) is 12.3. The average Bonchev–Trinajstić information content (AvgIpc) is 3.50. The first-order chi connectivity index (χ1) is 16.3. The molecule has 0 radical (unpaired) electrons. The molecule has 0 amide bonds. The number of nitrogens with one attached hydrogen (secondary N) is 1. The zero-order chi connectivity index (χ0) is 22.5. The van der Waals surface area contributed by atoms with Crippen molar-refractivity contribution in [3.05, 3.63) is 47.5 Å². The molecule has 1 aliphatic heterocycles. The van der Waals surface area contributed by atoms with Crippen molar-refractivity contribution in [1.82, 2.24) is 24.5 Å². The fourth-order valence-electron chi connectivity index (χ4n) is 5.14. The summed E-state index contributed by atoms with van der Waals surface area (Å²) in [4.78, 5) is 13.6. The van der Waals surface area contributed by atoms with Crippen molar-refractivity contribution in [2.45, 2.75) is 64.0 Å². The quantitative estimate of drug-likeness (QED) is 0.324. The maximum Gasteiger partial charge on any atom is 0.226 e. The van der Waals surface area contributed by atoms with E-state index < -0.39 is 0 Å². The molecule has 0 spiro atoms. The van der Waals surface area contributed by atoms with Gasteiger partial charge in [-0.1, -0.05) is 43.2 Å². The van der Waals surface area contributed by atoms with Crippen LogP contribution in [-0.4, -0.2) is 44.2 Å². The number of hydrogen-bond donors (Lipinski definition) is 1. The third-order valence-corrected chi connectivity index (χ3v) is 7.17. The Morgan fingerprint density at radius 1 is 1.03 bits per heavy atom. The minimum atomic E-state index is 0.273. The maximum atomic E-state index is 6.29. The van der Waals surface area contributed by atoms with E-state index in [1.807, 2.05) is 12.4 Å². The van der Waals surface area contributed by atoms with Crippen LogP contribution in [0, 0.1) is 5.92 Å². The van der Waals surface area contributed by atoms with E-state index in [2.05, 4.69) is 54.2 Å². The minimum Gasteiger partial charge on any atom is -0.377 e. The third kappa shape index (κ3) is 5.65. The molecule has 1 saturated carbocycles. The Balaban J connectivity index is 1.09. The number of aromatic nitrogens is 4. The van der Waals surface area contributed by atoms with Crippen molar-refractivity contribution in [3.8, 4) is 0 Å². The fourth-order valence-corrected chi connectivity index (χ4v) is 5.30. The van der Waals surface area contributed by atoms with Crippen molar-refractivity contribution in [3.63, 3.8) is 0 Å². The molecule has 1 aliphatic carbocycles. The van der Waals surface area contributed by atoms with Gasteiger partial charge in [-0.25, -0.2) is 9.99 Å². The molecular weight excluding hydrogens is 436 g/mol. The number of piperidine rings is 1. The summed E-state index contributed by atoms with van der Waals surface area (Å²) < 4.78 is 8.03. The van der Waals surface area contributed by atoms with Crippen LogP contribution in [0.5, 0.6) is 0 Å². The summed E-state index contributed by atoms with van der Waals surface area (Å²) in [6, 6.07) is 10.8. The summed E-state index contributed by atoms with van der Waals surface area (Å²) in [5.74, 6) is 1.47.